The number of rotatable bonds is 9. The molecular weight excluding hydrogens is 570 g/mol. The number of oxime groups is 1. The van der Waals surface area contributed by atoms with Crippen LogP contribution in [-0.2, 0) is 33.4 Å². The number of ether oxygens (including phenoxy) is 3. The Labute approximate surface area is 236 Å². The van der Waals surface area contributed by atoms with Gasteiger partial charge in [-0.25, -0.2) is 9.78 Å². The van der Waals surface area contributed by atoms with Crippen LogP contribution >= 0.6 is 34.9 Å². The molecule has 4 heterocycles. The van der Waals surface area contributed by atoms with E-state index in [1.54, 1.807) is 20.8 Å². The van der Waals surface area contributed by atoms with Gasteiger partial charge in [-0.3, -0.25) is 19.3 Å². The second kappa shape index (κ2) is 12.1. The van der Waals surface area contributed by atoms with Crippen molar-refractivity contribution in [2.45, 2.75) is 51.1 Å². The quantitative estimate of drug-likeness (QED) is 0.0930. The Morgan fingerprint density at radius 1 is 1.36 bits per heavy atom. The molecule has 2 saturated heterocycles. The van der Waals surface area contributed by atoms with Crippen molar-refractivity contribution < 1.29 is 38.6 Å². The molecule has 2 fully saturated rings. The molecule has 4 N–H and O–H groups in total. The summed E-state index contributed by atoms with van der Waals surface area (Å²) >= 11 is 3.85. The molecule has 1 aromatic heterocycles. The van der Waals surface area contributed by atoms with Gasteiger partial charge in [0.15, 0.2) is 10.8 Å². The smallest absolute Gasteiger partial charge is 0.358 e. The first kappa shape index (κ1) is 29.2. The van der Waals surface area contributed by atoms with Gasteiger partial charge in [0.1, 0.15) is 22.8 Å². The molecule has 3 aliphatic heterocycles. The predicted octanol–water partition coefficient (Wildman–Crippen LogP) is 1.52. The van der Waals surface area contributed by atoms with Crippen LogP contribution in [0.3, 0.4) is 0 Å². The zero-order valence-corrected chi connectivity index (χ0v) is 24.0. The number of carbonyl (C=O) groups is 4. The second-order valence-corrected chi connectivity index (χ2v) is 12.9. The fourth-order valence-corrected chi connectivity index (χ4v) is 7.15. The molecule has 0 radical (unpaired) electrons. The minimum atomic E-state index is -0.985. The third-order valence-electron chi connectivity index (χ3n) is 5.95. The third-order valence-corrected chi connectivity index (χ3v) is 9.31. The number of nitrogens with two attached hydrogens (primary N) is 1. The van der Waals surface area contributed by atoms with Gasteiger partial charge >= 0.3 is 11.9 Å². The highest BCUT2D eigenvalue weighted by atomic mass is 32.2. The van der Waals surface area contributed by atoms with Crippen molar-refractivity contribution in [3.63, 3.8) is 0 Å². The van der Waals surface area contributed by atoms with Gasteiger partial charge in [0.2, 0.25) is 6.79 Å². The number of hydrogen-bond acceptors (Lipinski definition) is 14. The number of nitrogen functional groups attached to an aromatic ring is 1. The van der Waals surface area contributed by atoms with Crippen molar-refractivity contribution in [2.24, 2.45) is 10.6 Å². The van der Waals surface area contributed by atoms with E-state index in [2.05, 4.69) is 15.5 Å². The fraction of sp³-hybridized carbons (Fsp3) is 0.565. The van der Waals surface area contributed by atoms with Crippen LogP contribution in [0.2, 0.25) is 0 Å². The zero-order chi connectivity index (χ0) is 28.3. The molecular formula is C23H29N5O8S3. The number of hydrogen-bond donors (Lipinski definition) is 3. The number of nitrogens with one attached hydrogen (secondary N) is 1. The lowest BCUT2D eigenvalue weighted by atomic mass is 9.98. The molecule has 13 nitrogen and oxygen atoms in total. The van der Waals surface area contributed by atoms with Gasteiger partial charge in [0, 0.05) is 28.4 Å². The highest BCUT2D eigenvalue weighted by molar-refractivity contribution is 8.06. The lowest BCUT2D eigenvalue weighted by molar-refractivity contribution is -0.173. The summed E-state index contributed by atoms with van der Waals surface area (Å²) in [7, 11) is 0. The zero-order valence-electron chi connectivity index (χ0n) is 21.5. The van der Waals surface area contributed by atoms with Gasteiger partial charge in [0.05, 0.1) is 11.5 Å². The lowest BCUT2D eigenvalue weighted by Gasteiger charge is -2.49. The van der Waals surface area contributed by atoms with Crippen LogP contribution < -0.4 is 11.1 Å². The molecule has 16 heteroatoms. The van der Waals surface area contributed by atoms with Crippen molar-refractivity contribution in [3.8, 4) is 0 Å². The lowest BCUT2D eigenvalue weighted by Crippen LogP contribution is -2.71. The van der Waals surface area contributed by atoms with Crippen molar-refractivity contribution in [3.05, 3.63) is 21.7 Å². The van der Waals surface area contributed by atoms with Gasteiger partial charge < -0.3 is 30.5 Å². The van der Waals surface area contributed by atoms with E-state index in [4.69, 9.17) is 19.9 Å². The van der Waals surface area contributed by atoms with Crippen molar-refractivity contribution in [1.82, 2.24) is 15.2 Å². The van der Waals surface area contributed by atoms with Crippen LogP contribution in [0, 0.1) is 5.41 Å². The van der Waals surface area contributed by atoms with E-state index in [0.29, 0.717) is 23.0 Å². The van der Waals surface area contributed by atoms with Crippen LogP contribution in [0.5, 0.6) is 0 Å². The van der Waals surface area contributed by atoms with E-state index in [0.717, 1.165) is 24.2 Å². The van der Waals surface area contributed by atoms with E-state index < -0.39 is 53.1 Å². The van der Waals surface area contributed by atoms with Gasteiger partial charge in [-0.2, -0.15) is 0 Å². The minimum absolute atomic E-state index is 0.0466. The topological polar surface area (TPSA) is 183 Å². The summed E-state index contributed by atoms with van der Waals surface area (Å²) < 4.78 is 16.0. The molecule has 4 rings (SSSR count). The number of fused-ring (bicyclic) bond motifs is 1. The Hall–Kier alpha value is -2.82. The Morgan fingerprint density at radius 2 is 2.13 bits per heavy atom. The minimum Gasteiger partial charge on any atom is -0.427 e. The molecule has 0 saturated carbocycles. The Balaban J connectivity index is 1.47. The van der Waals surface area contributed by atoms with Gasteiger partial charge in [-0.15, -0.1) is 34.9 Å². The molecule has 0 aliphatic carbocycles. The maximum atomic E-state index is 13.2. The van der Waals surface area contributed by atoms with Crippen molar-refractivity contribution >= 4 is 69.5 Å². The van der Waals surface area contributed by atoms with Crippen molar-refractivity contribution in [1.29, 1.82) is 0 Å². The van der Waals surface area contributed by atoms with Crippen molar-refractivity contribution in [2.75, 3.05) is 30.6 Å². The van der Waals surface area contributed by atoms with Crippen LogP contribution in [0.25, 0.3) is 0 Å². The summed E-state index contributed by atoms with van der Waals surface area (Å²) in [6, 6.07) is -0.985. The Bertz CT molecular complexity index is 1200. The fourth-order valence-electron chi connectivity index (χ4n) is 3.90. The molecule has 0 aromatic carbocycles. The van der Waals surface area contributed by atoms with E-state index in [9.17, 15) is 24.4 Å². The molecule has 0 spiro atoms. The van der Waals surface area contributed by atoms with Crippen LogP contribution in [0.4, 0.5) is 5.13 Å². The average Bonchev–Trinajstić information content (AvgIpc) is 3.57. The monoisotopic (exact) mass is 599 g/mol. The number of nitrogens with zero attached hydrogens (tertiary/aromatic N) is 3. The van der Waals surface area contributed by atoms with Gasteiger partial charge in [-0.05, 0) is 33.6 Å². The first-order valence-corrected chi connectivity index (χ1v) is 14.9. The number of thioether (sulfide) groups is 2. The molecule has 3 atom stereocenters. The number of esters is 2. The SMILES string of the molecule is CC(C)(C)C(=O)OCOC(=O)C1=C(SCC2CCCO2)CS[C@@H]2C(NC(=O)/C(=N\O)c3csc(N)n3)C(=O)N12. The number of β-lactam (4-membered cyclic amide) rings is 1. The molecule has 2 amide bonds. The molecule has 3 aliphatic rings. The molecule has 0 bridgehead atoms. The van der Waals surface area contributed by atoms with Crippen LogP contribution in [0.15, 0.2) is 21.1 Å². The third kappa shape index (κ3) is 6.50. The van der Waals surface area contributed by atoms with Gasteiger partial charge in [-0.1, -0.05) is 5.16 Å². The van der Waals surface area contributed by atoms with Crippen LogP contribution in [0.1, 0.15) is 39.3 Å². The summed E-state index contributed by atoms with van der Waals surface area (Å²) in [6.45, 7) is 5.10. The van der Waals surface area contributed by atoms with E-state index in [1.165, 1.54) is 33.8 Å². The summed E-state index contributed by atoms with van der Waals surface area (Å²) in [5, 5.41) is 16.0. The summed E-state index contributed by atoms with van der Waals surface area (Å²) in [6.07, 6.45) is 1.92. The standard InChI is InChI=1S/C23H29N5O8S3/c1-23(2,3)21(32)36-10-35-20(31)16-13(37-7-11-5-4-6-34-11)9-38-19-15(18(30)28(16)19)26-17(29)14(27-33)12-8-39-22(24)25-12/h8,11,15,19,33H,4-7,9-10H2,1-3H3,(H2,24,25)(H,26,29)/b27-14-/t11?,15?,19-/m1/s1. The number of aromatic nitrogens is 1. The Kier molecular flexibility index (Phi) is 9.08. The maximum absolute atomic E-state index is 13.2. The number of thiazole rings is 1. The summed E-state index contributed by atoms with van der Waals surface area (Å²) in [4.78, 5) is 57.1. The highest BCUT2D eigenvalue weighted by Crippen LogP contribution is 2.44. The normalized spacial score (nSPS) is 23.3. The first-order chi connectivity index (χ1) is 18.5. The molecule has 1 aromatic rings. The molecule has 2 unspecified atom stereocenters. The number of carbonyl (C=O) groups excluding carboxylic acids is 4. The number of amides is 2. The predicted molar refractivity (Wildman–Crippen MR) is 145 cm³/mol. The largest absolute Gasteiger partial charge is 0.427 e. The van der Waals surface area contributed by atoms with E-state index >= 15 is 0 Å². The van der Waals surface area contributed by atoms with Crippen LogP contribution in [-0.4, -0.2) is 87.0 Å². The summed E-state index contributed by atoms with van der Waals surface area (Å²) in [5.41, 5.74) is 4.55. The Morgan fingerprint density at radius 3 is 2.74 bits per heavy atom. The maximum Gasteiger partial charge on any atom is 0.358 e. The molecule has 39 heavy (non-hydrogen) atoms. The average molecular weight is 600 g/mol. The van der Waals surface area contributed by atoms with E-state index in [1.807, 2.05) is 0 Å². The van der Waals surface area contributed by atoms with E-state index in [-0.39, 0.29) is 22.6 Å². The first-order valence-electron chi connectivity index (χ1n) is 12.0. The second-order valence-electron chi connectivity index (χ2n) is 9.83. The highest BCUT2D eigenvalue weighted by Gasteiger charge is 2.55. The number of anilines is 1. The molecule has 212 valence electrons. The van der Waals surface area contributed by atoms with Gasteiger partial charge in [0.25, 0.3) is 11.8 Å². The summed E-state index contributed by atoms with van der Waals surface area (Å²) in [5.74, 6) is -1.72.